The van der Waals surface area contributed by atoms with Crippen LogP contribution in [-0.2, 0) is 19.6 Å². The third-order valence-corrected chi connectivity index (χ3v) is 4.02. The highest BCUT2D eigenvalue weighted by Crippen LogP contribution is 2.16. The lowest BCUT2D eigenvalue weighted by atomic mass is 10.2. The first-order chi connectivity index (χ1) is 12.6. The van der Waals surface area contributed by atoms with Crippen LogP contribution in [0, 0.1) is 0 Å². The van der Waals surface area contributed by atoms with Gasteiger partial charge < -0.3 is 14.5 Å². The highest BCUT2D eigenvalue weighted by Gasteiger charge is 2.11. The van der Waals surface area contributed by atoms with Crippen molar-refractivity contribution >= 4 is 17.5 Å². The molecule has 0 aliphatic heterocycles. The van der Waals surface area contributed by atoms with Crippen LogP contribution in [-0.4, -0.2) is 22.2 Å². The van der Waals surface area contributed by atoms with Gasteiger partial charge in [-0.15, -0.1) is 0 Å². The number of nitrogens with one attached hydrogen (secondary N) is 1. The fourth-order valence-electron chi connectivity index (χ4n) is 2.39. The Hall–Kier alpha value is -2.73. The highest BCUT2D eigenvalue weighted by molar-refractivity contribution is 6.30. The first kappa shape index (κ1) is 18.1. The Balaban J connectivity index is 1.46. The Morgan fingerprint density at radius 2 is 2.08 bits per heavy atom. The number of aromatic nitrogens is 2. The largest absolute Gasteiger partial charge is 0.486 e. The molecule has 2 aromatic heterocycles. The lowest BCUT2D eigenvalue weighted by molar-refractivity contribution is 0.0920. The molecule has 7 heteroatoms. The van der Waals surface area contributed by atoms with Crippen molar-refractivity contribution in [2.24, 2.45) is 0 Å². The zero-order valence-electron chi connectivity index (χ0n) is 14.4. The highest BCUT2D eigenvalue weighted by atomic mass is 35.5. The molecular formula is C19H20ClN3O3. The number of carbonyl (C=O) groups is 1. The normalized spacial score (nSPS) is 10.7. The number of nitrogens with zero attached hydrogens (tertiary/aromatic N) is 2. The van der Waals surface area contributed by atoms with Crippen LogP contribution in [0.25, 0.3) is 0 Å². The SMILES string of the molecule is CCc1ccc(OCc2ccc(C(=O)NCCn3cc(Cl)cn3)o2)cc1. The van der Waals surface area contributed by atoms with E-state index in [9.17, 15) is 4.79 Å². The molecule has 136 valence electrons. The predicted octanol–water partition coefficient (Wildman–Crippen LogP) is 3.70. The first-order valence-electron chi connectivity index (χ1n) is 8.40. The number of ether oxygens (including phenoxy) is 1. The molecule has 0 aliphatic rings. The van der Waals surface area contributed by atoms with Crippen LogP contribution >= 0.6 is 11.6 Å². The van der Waals surface area contributed by atoms with Crippen LogP contribution in [0.4, 0.5) is 0 Å². The van der Waals surface area contributed by atoms with Crippen LogP contribution in [0.2, 0.25) is 5.02 Å². The maximum atomic E-state index is 12.1. The molecule has 3 aromatic rings. The van der Waals surface area contributed by atoms with Gasteiger partial charge in [0, 0.05) is 12.7 Å². The molecule has 1 aromatic carbocycles. The van der Waals surface area contributed by atoms with Crippen LogP contribution in [0.15, 0.2) is 53.2 Å². The van der Waals surface area contributed by atoms with E-state index in [1.165, 1.54) is 5.56 Å². The number of hydrogen-bond donors (Lipinski definition) is 1. The molecule has 0 unspecified atom stereocenters. The maximum Gasteiger partial charge on any atom is 0.287 e. The second-order valence-corrected chi connectivity index (χ2v) is 6.17. The van der Waals surface area contributed by atoms with Crippen molar-refractivity contribution in [1.29, 1.82) is 0 Å². The Kier molecular flexibility index (Phi) is 5.96. The van der Waals surface area contributed by atoms with Crippen molar-refractivity contribution in [3.05, 3.63) is 70.9 Å². The minimum absolute atomic E-state index is 0.253. The first-order valence-corrected chi connectivity index (χ1v) is 8.78. The van der Waals surface area contributed by atoms with Crippen LogP contribution in [0.5, 0.6) is 5.75 Å². The third-order valence-electron chi connectivity index (χ3n) is 3.83. The van der Waals surface area contributed by atoms with E-state index in [1.54, 1.807) is 29.2 Å². The predicted molar refractivity (Wildman–Crippen MR) is 98.4 cm³/mol. The van der Waals surface area contributed by atoms with E-state index in [1.807, 2.05) is 24.3 Å². The molecular weight excluding hydrogens is 354 g/mol. The van der Waals surface area contributed by atoms with E-state index in [2.05, 4.69) is 17.3 Å². The zero-order chi connectivity index (χ0) is 18.4. The van der Waals surface area contributed by atoms with E-state index in [0.29, 0.717) is 23.9 Å². The standard InChI is InChI=1S/C19H20ClN3O3/c1-2-14-3-5-16(6-4-14)25-13-17-7-8-18(26-17)19(24)21-9-10-23-12-15(20)11-22-23/h3-8,11-12H,2,9-10,13H2,1H3,(H,21,24). The fraction of sp³-hybridized carbons (Fsp3) is 0.263. The quantitative estimate of drug-likeness (QED) is 0.653. The summed E-state index contributed by atoms with van der Waals surface area (Å²) in [5.41, 5.74) is 1.26. The summed E-state index contributed by atoms with van der Waals surface area (Å²) in [7, 11) is 0. The molecule has 26 heavy (non-hydrogen) atoms. The lowest BCUT2D eigenvalue weighted by Gasteiger charge is -2.05. The molecule has 0 bridgehead atoms. The molecule has 0 aliphatic carbocycles. The zero-order valence-corrected chi connectivity index (χ0v) is 15.2. The van der Waals surface area contributed by atoms with E-state index < -0.39 is 0 Å². The van der Waals surface area contributed by atoms with Crippen LogP contribution in [0.3, 0.4) is 0 Å². The number of furan rings is 1. The van der Waals surface area contributed by atoms with E-state index in [0.717, 1.165) is 12.2 Å². The maximum absolute atomic E-state index is 12.1. The molecule has 0 radical (unpaired) electrons. The van der Waals surface area contributed by atoms with Gasteiger partial charge in [-0.05, 0) is 36.2 Å². The molecule has 0 saturated carbocycles. The average Bonchev–Trinajstić information content (AvgIpc) is 3.29. The lowest BCUT2D eigenvalue weighted by Crippen LogP contribution is -2.27. The van der Waals surface area contributed by atoms with Gasteiger partial charge in [-0.25, -0.2) is 0 Å². The molecule has 0 atom stereocenters. The van der Waals surface area contributed by atoms with Crippen LogP contribution < -0.4 is 10.1 Å². The summed E-state index contributed by atoms with van der Waals surface area (Å²) in [6, 6.07) is 11.3. The van der Waals surface area contributed by atoms with Crippen molar-refractivity contribution in [3.8, 4) is 5.75 Å². The molecule has 2 heterocycles. The summed E-state index contributed by atoms with van der Waals surface area (Å²) in [5, 5.41) is 7.39. The van der Waals surface area contributed by atoms with Gasteiger partial charge in [-0.1, -0.05) is 30.7 Å². The summed E-state index contributed by atoms with van der Waals surface area (Å²) in [6.45, 7) is 3.33. The second kappa shape index (κ2) is 8.58. The van der Waals surface area contributed by atoms with Crippen molar-refractivity contribution in [3.63, 3.8) is 0 Å². The van der Waals surface area contributed by atoms with Gasteiger partial charge in [-0.2, -0.15) is 5.10 Å². The molecule has 1 N–H and O–H groups in total. The Morgan fingerprint density at radius 3 is 2.77 bits per heavy atom. The van der Waals surface area contributed by atoms with E-state index in [4.69, 9.17) is 20.8 Å². The van der Waals surface area contributed by atoms with Gasteiger partial charge in [0.15, 0.2) is 5.76 Å². The number of hydrogen-bond acceptors (Lipinski definition) is 4. The number of aryl methyl sites for hydroxylation is 1. The number of carbonyl (C=O) groups excluding carboxylic acids is 1. The fourth-order valence-corrected chi connectivity index (χ4v) is 2.54. The summed E-state index contributed by atoms with van der Waals surface area (Å²) < 4.78 is 12.9. The Labute approximate surface area is 156 Å². The monoisotopic (exact) mass is 373 g/mol. The summed E-state index contributed by atoms with van der Waals surface area (Å²) >= 11 is 5.79. The Morgan fingerprint density at radius 1 is 1.27 bits per heavy atom. The van der Waals surface area contributed by atoms with E-state index in [-0.39, 0.29) is 18.3 Å². The topological polar surface area (TPSA) is 69.3 Å². The molecule has 1 amide bonds. The second-order valence-electron chi connectivity index (χ2n) is 5.73. The minimum atomic E-state index is -0.276. The van der Waals surface area contributed by atoms with E-state index >= 15 is 0 Å². The third kappa shape index (κ3) is 4.89. The van der Waals surface area contributed by atoms with Gasteiger partial charge in [0.2, 0.25) is 0 Å². The van der Waals surface area contributed by atoms with Gasteiger partial charge in [0.05, 0.1) is 17.8 Å². The van der Waals surface area contributed by atoms with Crippen LogP contribution in [0.1, 0.15) is 28.8 Å². The van der Waals surface area contributed by atoms with Gasteiger partial charge in [0.1, 0.15) is 18.1 Å². The number of rotatable bonds is 8. The number of amides is 1. The summed E-state index contributed by atoms with van der Waals surface area (Å²) in [6.07, 6.45) is 4.24. The van der Waals surface area contributed by atoms with Crippen molar-refractivity contribution in [2.75, 3.05) is 6.54 Å². The molecule has 3 rings (SSSR count). The van der Waals surface area contributed by atoms with Crippen molar-refractivity contribution in [1.82, 2.24) is 15.1 Å². The van der Waals surface area contributed by atoms with Crippen molar-refractivity contribution in [2.45, 2.75) is 26.5 Å². The number of halogens is 1. The molecule has 6 nitrogen and oxygen atoms in total. The number of benzene rings is 1. The van der Waals surface area contributed by atoms with Crippen molar-refractivity contribution < 1.29 is 13.9 Å². The average molecular weight is 374 g/mol. The van der Waals surface area contributed by atoms with Gasteiger partial charge in [0.25, 0.3) is 5.91 Å². The Bertz CT molecular complexity index is 855. The minimum Gasteiger partial charge on any atom is -0.486 e. The molecule has 0 saturated heterocycles. The molecule has 0 spiro atoms. The van der Waals surface area contributed by atoms with Gasteiger partial charge >= 0.3 is 0 Å². The summed E-state index contributed by atoms with van der Waals surface area (Å²) in [4.78, 5) is 12.1. The molecule has 0 fully saturated rings. The smallest absolute Gasteiger partial charge is 0.287 e. The summed E-state index contributed by atoms with van der Waals surface area (Å²) in [5.74, 6) is 1.33. The van der Waals surface area contributed by atoms with Gasteiger partial charge in [-0.3, -0.25) is 9.48 Å².